The second-order valence-electron chi connectivity index (χ2n) is 4.07. The van der Waals surface area contributed by atoms with E-state index in [1.807, 2.05) is 11.8 Å². The van der Waals surface area contributed by atoms with E-state index < -0.39 is 0 Å². The molecule has 3 nitrogen and oxygen atoms in total. The molecule has 0 aliphatic heterocycles. The molecule has 0 amide bonds. The normalized spacial score (nSPS) is 11.7. The molecule has 0 fully saturated rings. The van der Waals surface area contributed by atoms with Crippen molar-refractivity contribution in [2.45, 2.75) is 37.9 Å². The highest BCUT2D eigenvalue weighted by molar-refractivity contribution is 7.99. The number of hydrogen-bond acceptors (Lipinski definition) is 4. The lowest BCUT2D eigenvalue weighted by molar-refractivity contribution is 0.281. The van der Waals surface area contributed by atoms with Gasteiger partial charge in [0.05, 0.1) is 12.4 Å². The van der Waals surface area contributed by atoms with E-state index >= 15 is 0 Å². The van der Waals surface area contributed by atoms with Crippen LogP contribution in [-0.4, -0.2) is 19.8 Å². The van der Waals surface area contributed by atoms with Gasteiger partial charge in [0.1, 0.15) is 5.82 Å². The SMILES string of the molecule is CC(C)(C)SCc1ncc(CO)cn1. The molecule has 1 heterocycles. The van der Waals surface area contributed by atoms with Crippen LogP contribution in [0.2, 0.25) is 0 Å². The van der Waals surface area contributed by atoms with E-state index in [9.17, 15) is 0 Å². The van der Waals surface area contributed by atoms with Gasteiger partial charge < -0.3 is 5.11 Å². The van der Waals surface area contributed by atoms with E-state index in [4.69, 9.17) is 5.11 Å². The first-order chi connectivity index (χ1) is 6.51. The Balaban J connectivity index is 2.52. The van der Waals surface area contributed by atoms with E-state index in [2.05, 4.69) is 30.7 Å². The van der Waals surface area contributed by atoms with Crippen LogP contribution in [0.15, 0.2) is 12.4 Å². The van der Waals surface area contributed by atoms with Crippen LogP contribution in [0.1, 0.15) is 32.2 Å². The average molecular weight is 212 g/mol. The van der Waals surface area contributed by atoms with Crippen molar-refractivity contribution in [1.82, 2.24) is 9.97 Å². The molecule has 0 bridgehead atoms. The molecule has 0 radical (unpaired) electrons. The Morgan fingerprint density at radius 3 is 2.29 bits per heavy atom. The Morgan fingerprint density at radius 1 is 1.29 bits per heavy atom. The monoisotopic (exact) mass is 212 g/mol. The predicted molar refractivity (Wildman–Crippen MR) is 59.0 cm³/mol. The summed E-state index contributed by atoms with van der Waals surface area (Å²) in [4.78, 5) is 8.32. The molecule has 0 aliphatic carbocycles. The lowest BCUT2D eigenvalue weighted by Gasteiger charge is -2.16. The minimum Gasteiger partial charge on any atom is -0.392 e. The van der Waals surface area contributed by atoms with Crippen molar-refractivity contribution in [3.05, 3.63) is 23.8 Å². The van der Waals surface area contributed by atoms with Crippen molar-refractivity contribution in [3.63, 3.8) is 0 Å². The molecule has 1 rings (SSSR count). The average Bonchev–Trinajstić information content (AvgIpc) is 2.14. The number of aliphatic hydroxyl groups excluding tert-OH is 1. The molecule has 0 atom stereocenters. The third-order valence-electron chi connectivity index (χ3n) is 1.58. The Kier molecular flexibility index (Phi) is 3.89. The molecule has 1 aromatic heterocycles. The zero-order valence-electron chi connectivity index (χ0n) is 8.82. The third-order valence-corrected chi connectivity index (χ3v) is 2.84. The fraction of sp³-hybridized carbons (Fsp3) is 0.600. The Hall–Kier alpha value is -0.610. The summed E-state index contributed by atoms with van der Waals surface area (Å²) in [7, 11) is 0. The number of nitrogens with zero attached hydrogens (tertiary/aromatic N) is 2. The number of hydrogen-bond donors (Lipinski definition) is 1. The molecule has 14 heavy (non-hydrogen) atoms. The van der Waals surface area contributed by atoms with Crippen LogP contribution in [0.25, 0.3) is 0 Å². The molecular weight excluding hydrogens is 196 g/mol. The zero-order chi connectivity index (χ0) is 10.6. The zero-order valence-corrected chi connectivity index (χ0v) is 9.64. The van der Waals surface area contributed by atoms with Gasteiger partial charge in [0, 0.05) is 22.7 Å². The molecule has 78 valence electrons. The lowest BCUT2D eigenvalue weighted by Crippen LogP contribution is -2.08. The van der Waals surface area contributed by atoms with Crippen molar-refractivity contribution in [1.29, 1.82) is 0 Å². The summed E-state index contributed by atoms with van der Waals surface area (Å²) in [6.45, 7) is 6.51. The smallest absolute Gasteiger partial charge is 0.138 e. The van der Waals surface area contributed by atoms with Crippen molar-refractivity contribution in [2.24, 2.45) is 0 Å². The Bertz CT molecular complexity index is 279. The fourth-order valence-electron chi connectivity index (χ4n) is 0.819. The molecule has 0 aliphatic rings. The van der Waals surface area contributed by atoms with Crippen molar-refractivity contribution in [3.8, 4) is 0 Å². The third kappa shape index (κ3) is 4.07. The minimum atomic E-state index is 0.00664. The van der Waals surface area contributed by atoms with Crippen LogP contribution in [0.3, 0.4) is 0 Å². The van der Waals surface area contributed by atoms with Crippen LogP contribution in [0.4, 0.5) is 0 Å². The minimum absolute atomic E-state index is 0.00664. The van der Waals surface area contributed by atoms with Gasteiger partial charge >= 0.3 is 0 Å². The summed E-state index contributed by atoms with van der Waals surface area (Å²) >= 11 is 1.81. The van der Waals surface area contributed by atoms with Gasteiger partial charge in [0.2, 0.25) is 0 Å². The van der Waals surface area contributed by atoms with Crippen LogP contribution < -0.4 is 0 Å². The Morgan fingerprint density at radius 2 is 1.86 bits per heavy atom. The maximum atomic E-state index is 8.80. The molecule has 1 aromatic rings. The lowest BCUT2D eigenvalue weighted by atomic mass is 10.3. The first-order valence-corrected chi connectivity index (χ1v) is 5.54. The van der Waals surface area contributed by atoms with Crippen LogP contribution in [-0.2, 0) is 12.4 Å². The molecule has 1 N–H and O–H groups in total. The van der Waals surface area contributed by atoms with E-state index in [-0.39, 0.29) is 11.4 Å². The summed E-state index contributed by atoms with van der Waals surface area (Å²) in [5.41, 5.74) is 0.759. The van der Waals surface area contributed by atoms with Crippen molar-refractivity contribution in [2.75, 3.05) is 0 Å². The van der Waals surface area contributed by atoms with Crippen LogP contribution in [0.5, 0.6) is 0 Å². The number of thioether (sulfide) groups is 1. The first kappa shape index (κ1) is 11.5. The molecule has 0 saturated carbocycles. The number of aliphatic hydroxyl groups is 1. The predicted octanol–water partition coefficient (Wildman–Crippen LogP) is 2.00. The largest absolute Gasteiger partial charge is 0.392 e. The summed E-state index contributed by atoms with van der Waals surface area (Å²) in [5.74, 6) is 1.64. The second-order valence-corrected chi connectivity index (χ2v) is 5.87. The number of rotatable bonds is 3. The summed E-state index contributed by atoms with van der Waals surface area (Å²) in [6, 6.07) is 0. The van der Waals surface area contributed by atoms with Gasteiger partial charge in [-0.05, 0) is 0 Å². The molecule has 0 unspecified atom stereocenters. The van der Waals surface area contributed by atoms with Gasteiger partial charge in [-0.1, -0.05) is 20.8 Å². The van der Waals surface area contributed by atoms with Crippen LogP contribution >= 0.6 is 11.8 Å². The van der Waals surface area contributed by atoms with Crippen molar-refractivity contribution < 1.29 is 5.11 Å². The summed E-state index contributed by atoms with van der Waals surface area (Å²) in [6.07, 6.45) is 3.34. The number of aromatic nitrogens is 2. The maximum Gasteiger partial charge on any atom is 0.138 e. The maximum absolute atomic E-state index is 8.80. The highest BCUT2D eigenvalue weighted by atomic mass is 32.2. The fourth-order valence-corrected chi connectivity index (χ4v) is 1.53. The summed E-state index contributed by atoms with van der Waals surface area (Å²) < 4.78 is 0.235. The van der Waals surface area contributed by atoms with Gasteiger partial charge in [-0.2, -0.15) is 0 Å². The Labute approximate surface area is 89.0 Å². The van der Waals surface area contributed by atoms with Gasteiger partial charge in [-0.25, -0.2) is 9.97 Å². The van der Waals surface area contributed by atoms with Gasteiger partial charge in [-0.3, -0.25) is 0 Å². The molecule has 0 saturated heterocycles. The first-order valence-electron chi connectivity index (χ1n) is 4.56. The topological polar surface area (TPSA) is 46.0 Å². The van der Waals surface area contributed by atoms with Gasteiger partial charge in [0.15, 0.2) is 0 Å². The summed E-state index contributed by atoms with van der Waals surface area (Å²) in [5, 5.41) is 8.80. The molecule has 0 spiro atoms. The van der Waals surface area contributed by atoms with Crippen LogP contribution in [0, 0.1) is 0 Å². The van der Waals surface area contributed by atoms with E-state index in [1.54, 1.807) is 12.4 Å². The standard InChI is InChI=1S/C10H16N2OS/c1-10(2,3)14-7-9-11-4-8(6-13)5-12-9/h4-5,13H,6-7H2,1-3H3. The second kappa shape index (κ2) is 4.75. The molecular formula is C10H16N2OS. The van der Waals surface area contributed by atoms with Crippen molar-refractivity contribution >= 4 is 11.8 Å². The molecule has 0 aromatic carbocycles. The van der Waals surface area contributed by atoms with E-state index in [0.717, 1.165) is 17.1 Å². The van der Waals surface area contributed by atoms with Gasteiger partial charge in [0.25, 0.3) is 0 Å². The van der Waals surface area contributed by atoms with E-state index in [1.165, 1.54) is 0 Å². The highest BCUT2D eigenvalue weighted by Gasteiger charge is 2.11. The van der Waals surface area contributed by atoms with Gasteiger partial charge in [-0.15, -0.1) is 11.8 Å². The quantitative estimate of drug-likeness (QED) is 0.832. The van der Waals surface area contributed by atoms with E-state index in [0.29, 0.717) is 0 Å². The highest BCUT2D eigenvalue weighted by Crippen LogP contribution is 2.25. The molecule has 4 heteroatoms.